The van der Waals surface area contributed by atoms with Gasteiger partial charge >= 0.3 is 0 Å². The Morgan fingerprint density at radius 2 is 2.10 bits per heavy atom. The van der Waals surface area contributed by atoms with Gasteiger partial charge in [0.1, 0.15) is 17.5 Å². The Morgan fingerprint density at radius 1 is 1.26 bits per heavy atom. The molecule has 1 fully saturated rings. The number of aryl methyl sites for hydroxylation is 1. The molecule has 0 saturated carbocycles. The molecule has 5 rings (SSSR count). The van der Waals surface area contributed by atoms with Gasteiger partial charge in [0.2, 0.25) is 0 Å². The van der Waals surface area contributed by atoms with Crippen LogP contribution in [0.15, 0.2) is 36.9 Å². The summed E-state index contributed by atoms with van der Waals surface area (Å²) in [6.45, 7) is 3.05. The number of hydrogen-bond donors (Lipinski definition) is 0. The molecule has 160 valence electrons. The molecule has 1 aromatic carbocycles. The molecular weight excluding hydrogens is 404 g/mol. The van der Waals surface area contributed by atoms with Crippen LogP contribution in [0.1, 0.15) is 47.4 Å². The maximum absolute atomic E-state index is 13.4. The molecule has 0 bridgehead atoms. The maximum Gasteiger partial charge on any atom is 0.280 e. The van der Waals surface area contributed by atoms with Crippen molar-refractivity contribution in [3.8, 4) is 0 Å². The molecule has 4 aromatic rings. The van der Waals surface area contributed by atoms with E-state index in [2.05, 4.69) is 27.0 Å². The summed E-state index contributed by atoms with van der Waals surface area (Å²) in [7, 11) is 1.88. The number of para-hydroxylation sites is 1. The van der Waals surface area contributed by atoms with E-state index in [9.17, 15) is 13.6 Å². The summed E-state index contributed by atoms with van der Waals surface area (Å²) in [5.74, 6) is 0.0289. The van der Waals surface area contributed by atoms with Crippen molar-refractivity contribution in [2.45, 2.75) is 25.7 Å². The topological polar surface area (TPSA) is 81.2 Å². The molecular formula is C21H21F2N7O. The number of fused-ring (bicyclic) bond motifs is 2. The van der Waals surface area contributed by atoms with E-state index >= 15 is 0 Å². The van der Waals surface area contributed by atoms with Crippen LogP contribution in [0.5, 0.6) is 0 Å². The van der Waals surface area contributed by atoms with Crippen LogP contribution in [0.4, 0.5) is 8.78 Å². The Morgan fingerprint density at radius 3 is 2.90 bits per heavy atom. The number of nitrogens with zero attached hydrogens (tertiary/aromatic N) is 7. The second kappa shape index (κ2) is 7.36. The third-order valence-electron chi connectivity index (χ3n) is 6.13. The van der Waals surface area contributed by atoms with E-state index in [1.165, 1.54) is 16.9 Å². The monoisotopic (exact) mass is 425 g/mol. The highest BCUT2D eigenvalue weighted by atomic mass is 19.3. The first-order valence-corrected chi connectivity index (χ1v) is 10.1. The van der Waals surface area contributed by atoms with Crippen LogP contribution < -0.4 is 0 Å². The summed E-state index contributed by atoms with van der Waals surface area (Å²) in [6, 6.07) is 6.94. The number of piperidine rings is 1. The summed E-state index contributed by atoms with van der Waals surface area (Å²) < 4.78 is 30.2. The van der Waals surface area contributed by atoms with Gasteiger partial charge < -0.3 is 9.47 Å². The zero-order valence-electron chi connectivity index (χ0n) is 17.1. The van der Waals surface area contributed by atoms with Crippen molar-refractivity contribution in [1.82, 2.24) is 34.0 Å². The number of halogens is 2. The Balaban J connectivity index is 1.52. The number of benzene rings is 1. The SMILES string of the molecule is C[C@@H]1CCN(C(=O)c2cccc3c2ncn3C)C[C@H]1c1cc(C(F)F)nc2ncnn12. The fourth-order valence-corrected chi connectivity index (χ4v) is 4.37. The van der Waals surface area contributed by atoms with Crippen molar-refractivity contribution in [2.24, 2.45) is 13.0 Å². The van der Waals surface area contributed by atoms with Crippen molar-refractivity contribution in [3.05, 3.63) is 53.9 Å². The Hall–Kier alpha value is -3.43. The standard InChI is InChI=1S/C21H21F2N7O/c1-12-6-7-29(20(31)13-4-3-5-16-18(13)25-11-28(16)2)9-14(12)17-8-15(19(22)23)27-21-24-10-26-30(17)21/h3-5,8,10-12,14,19H,6-7,9H2,1-2H3/t12-,14-/m1/s1. The fraction of sp³-hybridized carbons (Fsp3) is 0.381. The molecule has 2 atom stereocenters. The van der Waals surface area contributed by atoms with Gasteiger partial charge in [-0.3, -0.25) is 4.79 Å². The van der Waals surface area contributed by atoms with Crippen LogP contribution in [0.25, 0.3) is 16.8 Å². The lowest BCUT2D eigenvalue weighted by Gasteiger charge is -2.37. The number of alkyl halides is 2. The lowest BCUT2D eigenvalue weighted by Crippen LogP contribution is -2.42. The van der Waals surface area contributed by atoms with Crippen molar-refractivity contribution in [3.63, 3.8) is 0 Å². The maximum atomic E-state index is 13.4. The van der Waals surface area contributed by atoms with E-state index in [4.69, 9.17) is 0 Å². The molecule has 1 saturated heterocycles. The Bertz CT molecular complexity index is 1280. The minimum Gasteiger partial charge on any atom is -0.338 e. The quantitative estimate of drug-likeness (QED) is 0.504. The lowest BCUT2D eigenvalue weighted by molar-refractivity contribution is 0.0667. The van der Waals surface area contributed by atoms with Crippen molar-refractivity contribution in [1.29, 1.82) is 0 Å². The summed E-state index contributed by atoms with van der Waals surface area (Å²) in [5, 5.41) is 4.18. The number of carbonyl (C=O) groups excluding carboxylic acids is 1. The smallest absolute Gasteiger partial charge is 0.280 e. The third-order valence-corrected chi connectivity index (χ3v) is 6.13. The number of hydrogen-bond acceptors (Lipinski definition) is 5. The summed E-state index contributed by atoms with van der Waals surface area (Å²) >= 11 is 0. The first kappa shape index (κ1) is 19.5. The highest BCUT2D eigenvalue weighted by Gasteiger charge is 2.33. The zero-order valence-corrected chi connectivity index (χ0v) is 17.1. The average Bonchev–Trinajstić information content (AvgIpc) is 3.39. The van der Waals surface area contributed by atoms with Crippen LogP contribution >= 0.6 is 0 Å². The second-order valence-corrected chi connectivity index (χ2v) is 8.03. The minimum absolute atomic E-state index is 0.112. The van der Waals surface area contributed by atoms with Gasteiger partial charge in [0.05, 0.1) is 23.1 Å². The van der Waals surface area contributed by atoms with Gasteiger partial charge in [-0.25, -0.2) is 23.3 Å². The largest absolute Gasteiger partial charge is 0.338 e. The van der Waals surface area contributed by atoms with E-state index < -0.39 is 6.43 Å². The van der Waals surface area contributed by atoms with E-state index in [0.29, 0.717) is 29.9 Å². The van der Waals surface area contributed by atoms with Gasteiger partial charge in [-0.05, 0) is 30.5 Å². The average molecular weight is 425 g/mol. The summed E-state index contributed by atoms with van der Waals surface area (Å²) in [4.78, 5) is 27.5. The Kier molecular flexibility index (Phi) is 4.64. The summed E-state index contributed by atoms with van der Waals surface area (Å²) in [5.41, 5.74) is 2.35. The van der Waals surface area contributed by atoms with Crippen molar-refractivity contribution >= 4 is 22.7 Å². The van der Waals surface area contributed by atoms with Crippen LogP contribution in [0, 0.1) is 5.92 Å². The number of imidazole rings is 1. The van der Waals surface area contributed by atoms with Gasteiger partial charge in [-0.15, -0.1) is 0 Å². The molecule has 1 amide bonds. The first-order valence-electron chi connectivity index (χ1n) is 10.1. The lowest BCUT2D eigenvalue weighted by atomic mass is 9.84. The fourth-order valence-electron chi connectivity index (χ4n) is 4.37. The van der Waals surface area contributed by atoms with E-state index in [0.717, 1.165) is 11.9 Å². The van der Waals surface area contributed by atoms with E-state index in [1.807, 2.05) is 23.7 Å². The number of rotatable bonds is 3. The molecule has 0 N–H and O–H groups in total. The Labute approximate surface area is 176 Å². The van der Waals surface area contributed by atoms with E-state index in [1.54, 1.807) is 17.3 Å². The van der Waals surface area contributed by atoms with Crippen LogP contribution in [0.2, 0.25) is 0 Å². The van der Waals surface area contributed by atoms with Crippen molar-refractivity contribution in [2.75, 3.05) is 13.1 Å². The molecule has 3 aromatic heterocycles. The number of carbonyl (C=O) groups is 1. The molecule has 1 aliphatic heterocycles. The van der Waals surface area contributed by atoms with Crippen LogP contribution in [0.3, 0.4) is 0 Å². The predicted molar refractivity (Wildman–Crippen MR) is 109 cm³/mol. The van der Waals surface area contributed by atoms with E-state index in [-0.39, 0.29) is 29.2 Å². The molecule has 8 nitrogen and oxygen atoms in total. The first-order chi connectivity index (χ1) is 14.9. The normalized spacial score (nSPS) is 19.6. The molecule has 31 heavy (non-hydrogen) atoms. The van der Waals surface area contributed by atoms with Gasteiger partial charge in [-0.2, -0.15) is 10.1 Å². The molecule has 1 aliphatic rings. The molecule has 10 heteroatoms. The molecule has 0 radical (unpaired) electrons. The van der Waals surface area contributed by atoms with Crippen molar-refractivity contribution < 1.29 is 13.6 Å². The van der Waals surface area contributed by atoms with Gasteiger partial charge in [-0.1, -0.05) is 13.0 Å². The summed E-state index contributed by atoms with van der Waals surface area (Å²) in [6.07, 6.45) is 1.03. The predicted octanol–water partition coefficient (Wildman–Crippen LogP) is 3.21. The molecule has 4 heterocycles. The highest BCUT2D eigenvalue weighted by molar-refractivity contribution is 6.05. The van der Waals surface area contributed by atoms with Gasteiger partial charge in [0.25, 0.3) is 18.1 Å². The van der Waals surface area contributed by atoms with Crippen LogP contribution in [-0.4, -0.2) is 53.0 Å². The second-order valence-electron chi connectivity index (χ2n) is 8.03. The minimum atomic E-state index is -2.71. The third kappa shape index (κ3) is 3.22. The number of likely N-dealkylation sites (tertiary alicyclic amines) is 1. The highest BCUT2D eigenvalue weighted by Crippen LogP contribution is 2.34. The van der Waals surface area contributed by atoms with Gasteiger partial charge in [0.15, 0.2) is 0 Å². The molecule has 0 unspecified atom stereocenters. The molecule has 0 spiro atoms. The van der Waals surface area contributed by atoms with Gasteiger partial charge in [0, 0.05) is 26.1 Å². The van der Waals surface area contributed by atoms with Crippen LogP contribution in [-0.2, 0) is 7.05 Å². The number of amides is 1. The zero-order chi connectivity index (χ0) is 21.7. The molecule has 0 aliphatic carbocycles. The number of aromatic nitrogens is 6.